The maximum absolute atomic E-state index is 12.2. The van der Waals surface area contributed by atoms with E-state index in [9.17, 15) is 4.79 Å². The van der Waals surface area contributed by atoms with Gasteiger partial charge in [0.05, 0.1) is 17.4 Å². The number of anilines is 1. The number of nitrogens with two attached hydrogens (primary N) is 1. The molecule has 1 atom stereocenters. The molecule has 0 saturated carbocycles. The predicted molar refractivity (Wildman–Crippen MR) is 79.8 cm³/mol. The molecule has 0 spiro atoms. The normalized spacial score (nSPS) is 12.3. The van der Waals surface area contributed by atoms with Crippen LogP contribution in [-0.2, 0) is 12.8 Å². The lowest BCUT2D eigenvalue weighted by Gasteiger charge is -2.10. The summed E-state index contributed by atoms with van der Waals surface area (Å²) in [6.07, 6.45) is 3.51. The number of carbonyl (C=O) groups is 1. The van der Waals surface area contributed by atoms with Crippen molar-refractivity contribution in [1.29, 1.82) is 0 Å². The van der Waals surface area contributed by atoms with Crippen molar-refractivity contribution >= 4 is 22.9 Å². The Morgan fingerprint density at radius 1 is 1.50 bits per heavy atom. The number of H-pyrrole nitrogens is 1. The number of nitrogen functional groups attached to an aromatic ring is 1. The summed E-state index contributed by atoms with van der Waals surface area (Å²) in [5.74, 6) is -0.279. The highest BCUT2D eigenvalue weighted by Gasteiger charge is 2.20. The second kappa shape index (κ2) is 6.04. The summed E-state index contributed by atoms with van der Waals surface area (Å²) in [5.41, 5.74) is 7.34. The van der Waals surface area contributed by atoms with Crippen LogP contribution in [0, 0.1) is 0 Å². The Morgan fingerprint density at radius 3 is 2.80 bits per heavy atom. The van der Waals surface area contributed by atoms with Gasteiger partial charge in [-0.1, -0.05) is 13.8 Å². The number of aromatic nitrogens is 3. The van der Waals surface area contributed by atoms with Crippen LogP contribution in [0.2, 0.25) is 0 Å². The number of carbonyl (C=O) groups excluding carboxylic acids is 1. The second-order valence-corrected chi connectivity index (χ2v) is 5.68. The molecule has 0 aliphatic rings. The topological polar surface area (TPSA) is 96.7 Å². The molecule has 2 aromatic rings. The molecule has 108 valence electrons. The zero-order valence-corrected chi connectivity index (χ0v) is 12.7. The molecular weight excluding hydrogens is 274 g/mol. The molecule has 0 bridgehead atoms. The molecule has 20 heavy (non-hydrogen) atoms. The monoisotopic (exact) mass is 293 g/mol. The van der Waals surface area contributed by atoms with Crippen molar-refractivity contribution in [3.63, 3.8) is 0 Å². The molecule has 0 saturated heterocycles. The van der Waals surface area contributed by atoms with Crippen LogP contribution >= 0.6 is 11.3 Å². The molecule has 1 unspecified atom stereocenters. The van der Waals surface area contributed by atoms with Crippen LogP contribution < -0.4 is 11.1 Å². The molecule has 0 aromatic carbocycles. The summed E-state index contributed by atoms with van der Waals surface area (Å²) in [6.45, 7) is 5.94. The van der Waals surface area contributed by atoms with Gasteiger partial charge in [0.1, 0.15) is 5.01 Å². The molecule has 0 aliphatic carbocycles. The number of amides is 1. The van der Waals surface area contributed by atoms with Gasteiger partial charge in [-0.05, 0) is 19.8 Å². The van der Waals surface area contributed by atoms with Crippen LogP contribution in [0.1, 0.15) is 52.9 Å². The largest absolute Gasteiger partial charge is 0.395 e. The number of rotatable bonds is 5. The van der Waals surface area contributed by atoms with Crippen molar-refractivity contribution in [1.82, 2.24) is 20.5 Å². The maximum atomic E-state index is 12.2. The van der Waals surface area contributed by atoms with E-state index in [1.165, 1.54) is 4.88 Å². The average molecular weight is 293 g/mol. The first-order chi connectivity index (χ1) is 9.56. The summed E-state index contributed by atoms with van der Waals surface area (Å²) < 4.78 is 0. The first-order valence-corrected chi connectivity index (χ1v) is 7.46. The van der Waals surface area contributed by atoms with Crippen LogP contribution in [0.5, 0.6) is 0 Å². The molecule has 0 radical (unpaired) electrons. The van der Waals surface area contributed by atoms with Crippen molar-refractivity contribution in [2.24, 2.45) is 0 Å². The van der Waals surface area contributed by atoms with Crippen molar-refractivity contribution in [3.8, 4) is 0 Å². The van der Waals surface area contributed by atoms with E-state index >= 15 is 0 Å². The minimum absolute atomic E-state index is 0.158. The predicted octanol–water partition coefficient (Wildman–Crippen LogP) is 2.06. The first-order valence-electron chi connectivity index (χ1n) is 6.64. The van der Waals surface area contributed by atoms with E-state index in [2.05, 4.69) is 27.4 Å². The molecule has 2 heterocycles. The number of nitrogens with zero attached hydrogens (tertiary/aromatic N) is 2. The minimum atomic E-state index is -0.279. The molecule has 7 heteroatoms. The third kappa shape index (κ3) is 2.82. The highest BCUT2D eigenvalue weighted by Crippen LogP contribution is 2.21. The van der Waals surface area contributed by atoms with E-state index in [1.807, 2.05) is 20.0 Å². The Bertz CT molecular complexity index is 604. The van der Waals surface area contributed by atoms with Gasteiger partial charge in [-0.3, -0.25) is 9.89 Å². The van der Waals surface area contributed by atoms with E-state index < -0.39 is 0 Å². The zero-order chi connectivity index (χ0) is 14.7. The first kappa shape index (κ1) is 14.5. The summed E-state index contributed by atoms with van der Waals surface area (Å²) in [6, 6.07) is -0.158. The van der Waals surface area contributed by atoms with Gasteiger partial charge in [-0.2, -0.15) is 5.10 Å². The molecule has 1 amide bonds. The van der Waals surface area contributed by atoms with Crippen LogP contribution in [0.15, 0.2) is 6.20 Å². The maximum Gasteiger partial charge on any atom is 0.274 e. The van der Waals surface area contributed by atoms with Crippen molar-refractivity contribution in [2.75, 3.05) is 5.73 Å². The van der Waals surface area contributed by atoms with Gasteiger partial charge in [-0.25, -0.2) is 4.98 Å². The zero-order valence-electron chi connectivity index (χ0n) is 11.9. The standard InChI is InChI=1S/C13H19N5OS/c1-4-8-6-15-13(20-8)7(3)16-12(19)11-10(14)9(5-2)17-18-11/h6-7H,4-5,14H2,1-3H3,(H,16,19)(H,17,18). The number of thiazole rings is 1. The third-order valence-corrected chi connectivity index (χ3v) is 4.41. The van der Waals surface area contributed by atoms with Gasteiger partial charge in [-0.15, -0.1) is 11.3 Å². The smallest absolute Gasteiger partial charge is 0.274 e. The second-order valence-electron chi connectivity index (χ2n) is 4.53. The van der Waals surface area contributed by atoms with E-state index in [0.717, 1.165) is 17.1 Å². The van der Waals surface area contributed by atoms with Gasteiger partial charge in [0.25, 0.3) is 5.91 Å². The van der Waals surface area contributed by atoms with Crippen molar-refractivity contribution in [2.45, 2.75) is 39.7 Å². The number of nitrogens with one attached hydrogen (secondary N) is 2. The van der Waals surface area contributed by atoms with E-state index in [4.69, 9.17) is 5.73 Å². The van der Waals surface area contributed by atoms with Gasteiger partial charge < -0.3 is 11.1 Å². The highest BCUT2D eigenvalue weighted by molar-refractivity contribution is 7.11. The third-order valence-electron chi connectivity index (χ3n) is 3.09. The van der Waals surface area contributed by atoms with Crippen molar-refractivity contribution in [3.05, 3.63) is 27.5 Å². The quantitative estimate of drug-likeness (QED) is 0.786. The number of hydrogen-bond donors (Lipinski definition) is 3. The van der Waals surface area contributed by atoms with Gasteiger partial charge in [0, 0.05) is 11.1 Å². The van der Waals surface area contributed by atoms with Gasteiger partial charge >= 0.3 is 0 Å². The SMILES string of the molecule is CCc1cnc(C(C)NC(=O)c2n[nH]c(CC)c2N)s1. The molecule has 4 N–H and O–H groups in total. The molecule has 0 aliphatic heterocycles. The molecular formula is C13H19N5OS. The van der Waals surface area contributed by atoms with Crippen LogP contribution in [0.25, 0.3) is 0 Å². The fourth-order valence-corrected chi connectivity index (χ4v) is 2.70. The number of aromatic amines is 1. The van der Waals surface area contributed by atoms with Gasteiger partial charge in [0.15, 0.2) is 5.69 Å². The fraction of sp³-hybridized carbons (Fsp3) is 0.462. The molecule has 0 fully saturated rings. The fourth-order valence-electron chi connectivity index (χ4n) is 1.84. The Morgan fingerprint density at radius 2 is 2.25 bits per heavy atom. The average Bonchev–Trinajstić information content (AvgIpc) is 3.04. The van der Waals surface area contributed by atoms with E-state index in [1.54, 1.807) is 11.3 Å². The lowest BCUT2D eigenvalue weighted by Crippen LogP contribution is -2.27. The number of hydrogen-bond acceptors (Lipinski definition) is 5. The molecule has 2 aromatic heterocycles. The lowest BCUT2D eigenvalue weighted by molar-refractivity contribution is 0.0935. The summed E-state index contributed by atoms with van der Waals surface area (Å²) in [7, 11) is 0. The van der Waals surface area contributed by atoms with Crippen LogP contribution in [0.4, 0.5) is 5.69 Å². The minimum Gasteiger partial charge on any atom is -0.395 e. The Balaban J connectivity index is 2.08. The van der Waals surface area contributed by atoms with E-state index in [-0.39, 0.29) is 17.6 Å². The summed E-state index contributed by atoms with van der Waals surface area (Å²) in [5, 5.41) is 10.5. The lowest BCUT2D eigenvalue weighted by atomic mass is 10.2. The molecule has 2 rings (SSSR count). The van der Waals surface area contributed by atoms with E-state index in [0.29, 0.717) is 12.1 Å². The van der Waals surface area contributed by atoms with Crippen LogP contribution in [0.3, 0.4) is 0 Å². The summed E-state index contributed by atoms with van der Waals surface area (Å²) >= 11 is 1.61. The number of aryl methyl sites for hydroxylation is 2. The van der Waals surface area contributed by atoms with Gasteiger partial charge in [0.2, 0.25) is 0 Å². The Labute approximate surface area is 121 Å². The molecule has 6 nitrogen and oxygen atoms in total. The van der Waals surface area contributed by atoms with Crippen molar-refractivity contribution < 1.29 is 4.79 Å². The Kier molecular flexibility index (Phi) is 4.39. The summed E-state index contributed by atoms with van der Waals surface area (Å²) in [4.78, 5) is 17.7. The van der Waals surface area contributed by atoms with Crippen LogP contribution in [-0.4, -0.2) is 21.1 Å². The Hall–Kier alpha value is -1.89. The highest BCUT2D eigenvalue weighted by atomic mass is 32.1.